The zero-order valence-electron chi connectivity index (χ0n) is 9.47. The van der Waals surface area contributed by atoms with Gasteiger partial charge in [0.1, 0.15) is 0 Å². The third-order valence-electron chi connectivity index (χ3n) is 2.95. The maximum Gasteiger partial charge on any atom is 0.335 e. The van der Waals surface area contributed by atoms with Crippen LogP contribution in [0.15, 0.2) is 18.2 Å². The van der Waals surface area contributed by atoms with Gasteiger partial charge in [-0.1, -0.05) is 0 Å². The fraction of sp³-hybridized carbons (Fsp3) is 0.333. The van der Waals surface area contributed by atoms with Gasteiger partial charge in [-0.25, -0.2) is 4.79 Å². The number of aromatic carboxylic acids is 1. The molecule has 0 spiro atoms. The standard InChI is InChI=1S/C12H12INO4/c13-9-2-1-8(12(17)18)4-10(9)14-5-7(6-15)3-11(14)16/h1-2,4,7,15H,3,5-6H2,(H,17,18). The van der Waals surface area contributed by atoms with Crippen LogP contribution in [0.25, 0.3) is 0 Å². The van der Waals surface area contributed by atoms with E-state index in [0.29, 0.717) is 18.7 Å². The lowest BCUT2D eigenvalue weighted by atomic mass is 10.1. The highest BCUT2D eigenvalue weighted by Gasteiger charge is 2.31. The second kappa shape index (κ2) is 5.23. The number of aliphatic hydroxyl groups is 1. The molecule has 0 bridgehead atoms. The van der Waals surface area contributed by atoms with Crippen LogP contribution < -0.4 is 4.90 Å². The van der Waals surface area contributed by atoms with E-state index in [0.717, 1.165) is 3.57 Å². The van der Waals surface area contributed by atoms with Gasteiger partial charge in [0.05, 0.1) is 11.3 Å². The molecule has 1 heterocycles. The molecule has 0 aliphatic carbocycles. The largest absolute Gasteiger partial charge is 0.478 e. The molecule has 18 heavy (non-hydrogen) atoms. The Morgan fingerprint density at radius 2 is 2.22 bits per heavy atom. The number of carbonyl (C=O) groups is 2. The van der Waals surface area contributed by atoms with Crippen LogP contribution >= 0.6 is 22.6 Å². The van der Waals surface area contributed by atoms with E-state index in [-0.39, 0.29) is 24.0 Å². The van der Waals surface area contributed by atoms with Gasteiger partial charge in [-0.15, -0.1) is 0 Å². The van der Waals surface area contributed by atoms with Crippen LogP contribution in [0.1, 0.15) is 16.8 Å². The smallest absolute Gasteiger partial charge is 0.335 e. The number of amides is 1. The Balaban J connectivity index is 2.35. The number of benzene rings is 1. The Morgan fingerprint density at radius 1 is 1.50 bits per heavy atom. The second-order valence-electron chi connectivity index (χ2n) is 4.23. The fourth-order valence-corrected chi connectivity index (χ4v) is 2.62. The molecular weight excluding hydrogens is 349 g/mol. The topological polar surface area (TPSA) is 77.8 Å². The zero-order valence-corrected chi connectivity index (χ0v) is 11.6. The molecule has 1 aliphatic heterocycles. The van der Waals surface area contributed by atoms with E-state index in [9.17, 15) is 9.59 Å². The van der Waals surface area contributed by atoms with Gasteiger partial charge in [-0.05, 0) is 40.8 Å². The first-order valence-corrected chi connectivity index (χ1v) is 6.55. The first-order valence-electron chi connectivity index (χ1n) is 5.47. The summed E-state index contributed by atoms with van der Waals surface area (Å²) in [6, 6.07) is 4.69. The van der Waals surface area contributed by atoms with Gasteiger partial charge in [0.25, 0.3) is 0 Å². The van der Waals surface area contributed by atoms with Crippen LogP contribution in [0.4, 0.5) is 5.69 Å². The molecule has 0 aromatic heterocycles. The molecular formula is C12H12INO4. The van der Waals surface area contributed by atoms with E-state index in [1.165, 1.54) is 12.1 Å². The number of carboxylic acid groups (broad SMARTS) is 1. The van der Waals surface area contributed by atoms with E-state index < -0.39 is 5.97 Å². The van der Waals surface area contributed by atoms with Crippen LogP contribution in [0, 0.1) is 9.49 Å². The molecule has 0 radical (unpaired) electrons. The molecule has 1 aromatic carbocycles. The number of carboxylic acids is 1. The van der Waals surface area contributed by atoms with Crippen molar-refractivity contribution < 1.29 is 19.8 Å². The van der Waals surface area contributed by atoms with Gasteiger partial charge in [0.15, 0.2) is 0 Å². The minimum Gasteiger partial charge on any atom is -0.478 e. The number of aliphatic hydroxyl groups excluding tert-OH is 1. The van der Waals surface area contributed by atoms with Gasteiger partial charge < -0.3 is 15.1 Å². The van der Waals surface area contributed by atoms with Crippen molar-refractivity contribution in [3.8, 4) is 0 Å². The van der Waals surface area contributed by atoms with Crippen molar-refractivity contribution in [2.75, 3.05) is 18.1 Å². The maximum atomic E-state index is 11.8. The van der Waals surface area contributed by atoms with Crippen molar-refractivity contribution in [2.45, 2.75) is 6.42 Å². The summed E-state index contributed by atoms with van der Waals surface area (Å²) in [6.07, 6.45) is 0.309. The lowest BCUT2D eigenvalue weighted by molar-refractivity contribution is -0.117. The maximum absolute atomic E-state index is 11.8. The Hall–Kier alpha value is -1.15. The molecule has 0 saturated carbocycles. The average Bonchev–Trinajstić information content (AvgIpc) is 2.71. The minimum atomic E-state index is -1.02. The van der Waals surface area contributed by atoms with Gasteiger partial charge in [-0.3, -0.25) is 4.79 Å². The number of rotatable bonds is 3. The normalized spacial score (nSPS) is 19.3. The quantitative estimate of drug-likeness (QED) is 0.797. The summed E-state index contributed by atoms with van der Waals surface area (Å²) >= 11 is 2.07. The summed E-state index contributed by atoms with van der Waals surface area (Å²) in [7, 11) is 0. The molecule has 5 nitrogen and oxygen atoms in total. The molecule has 1 aromatic rings. The number of nitrogens with zero attached hydrogens (tertiary/aromatic N) is 1. The highest BCUT2D eigenvalue weighted by Crippen LogP contribution is 2.30. The molecule has 2 rings (SSSR count). The van der Waals surface area contributed by atoms with Crippen molar-refractivity contribution in [1.29, 1.82) is 0 Å². The second-order valence-corrected chi connectivity index (χ2v) is 5.39. The Morgan fingerprint density at radius 3 is 2.78 bits per heavy atom. The summed E-state index contributed by atoms with van der Waals surface area (Å²) in [5.74, 6) is -1.16. The van der Waals surface area contributed by atoms with Crippen molar-refractivity contribution >= 4 is 40.2 Å². The fourth-order valence-electron chi connectivity index (χ4n) is 1.99. The zero-order chi connectivity index (χ0) is 13.3. The number of hydrogen-bond acceptors (Lipinski definition) is 3. The summed E-state index contributed by atoms with van der Waals surface area (Å²) in [6.45, 7) is 0.409. The monoisotopic (exact) mass is 361 g/mol. The Bertz CT molecular complexity index is 503. The predicted octanol–water partition coefficient (Wildman–Crippen LogP) is 1.33. The molecule has 1 atom stereocenters. The van der Waals surface area contributed by atoms with Crippen LogP contribution in [0.5, 0.6) is 0 Å². The minimum absolute atomic E-state index is 0.0303. The molecule has 1 amide bonds. The highest BCUT2D eigenvalue weighted by molar-refractivity contribution is 14.1. The first-order chi connectivity index (χ1) is 8.52. The van der Waals surface area contributed by atoms with Crippen LogP contribution in [-0.4, -0.2) is 35.2 Å². The Kier molecular flexibility index (Phi) is 3.86. The molecule has 2 N–H and O–H groups in total. The lowest BCUT2D eigenvalue weighted by Crippen LogP contribution is -2.26. The average molecular weight is 361 g/mol. The third-order valence-corrected chi connectivity index (χ3v) is 3.86. The molecule has 96 valence electrons. The number of anilines is 1. The van der Waals surface area contributed by atoms with E-state index in [1.807, 2.05) is 0 Å². The van der Waals surface area contributed by atoms with Gasteiger partial charge in [-0.2, -0.15) is 0 Å². The SMILES string of the molecule is O=C(O)c1ccc(I)c(N2CC(CO)CC2=O)c1. The predicted molar refractivity (Wildman–Crippen MR) is 73.7 cm³/mol. The summed E-state index contributed by atoms with van der Waals surface area (Å²) in [5, 5.41) is 18.0. The lowest BCUT2D eigenvalue weighted by Gasteiger charge is -2.18. The molecule has 1 aliphatic rings. The van der Waals surface area contributed by atoms with Gasteiger partial charge in [0, 0.05) is 29.1 Å². The molecule has 1 unspecified atom stereocenters. The Labute approximate surface area is 118 Å². The van der Waals surface area contributed by atoms with Crippen molar-refractivity contribution in [1.82, 2.24) is 0 Å². The van der Waals surface area contributed by atoms with Crippen molar-refractivity contribution in [3.05, 3.63) is 27.3 Å². The molecule has 6 heteroatoms. The van der Waals surface area contributed by atoms with E-state index in [1.54, 1.807) is 11.0 Å². The number of hydrogen-bond donors (Lipinski definition) is 2. The van der Waals surface area contributed by atoms with E-state index in [4.69, 9.17) is 10.2 Å². The highest BCUT2D eigenvalue weighted by atomic mass is 127. The van der Waals surface area contributed by atoms with Gasteiger partial charge in [0.2, 0.25) is 5.91 Å². The van der Waals surface area contributed by atoms with E-state index >= 15 is 0 Å². The summed E-state index contributed by atoms with van der Waals surface area (Å²) in [4.78, 5) is 24.3. The summed E-state index contributed by atoms with van der Waals surface area (Å²) in [5.41, 5.74) is 0.766. The van der Waals surface area contributed by atoms with Crippen LogP contribution in [0.3, 0.4) is 0 Å². The van der Waals surface area contributed by atoms with Gasteiger partial charge >= 0.3 is 5.97 Å². The number of carbonyl (C=O) groups excluding carboxylic acids is 1. The van der Waals surface area contributed by atoms with E-state index in [2.05, 4.69) is 22.6 Å². The van der Waals surface area contributed by atoms with Crippen molar-refractivity contribution in [3.63, 3.8) is 0 Å². The first kappa shape index (κ1) is 13.3. The summed E-state index contributed by atoms with van der Waals surface area (Å²) < 4.78 is 0.824. The third kappa shape index (κ3) is 2.49. The van der Waals surface area contributed by atoms with Crippen LogP contribution in [0.2, 0.25) is 0 Å². The number of halogens is 1. The van der Waals surface area contributed by atoms with Crippen molar-refractivity contribution in [2.24, 2.45) is 5.92 Å². The molecule has 1 fully saturated rings. The molecule has 1 saturated heterocycles. The van der Waals surface area contributed by atoms with Crippen LogP contribution in [-0.2, 0) is 4.79 Å².